The van der Waals surface area contributed by atoms with Gasteiger partial charge in [-0.05, 0) is 72.5 Å². The van der Waals surface area contributed by atoms with Gasteiger partial charge in [-0.1, -0.05) is 97.1 Å². The lowest BCUT2D eigenvalue weighted by Gasteiger charge is -2.36. The predicted molar refractivity (Wildman–Crippen MR) is 180 cm³/mol. The van der Waals surface area contributed by atoms with Crippen LogP contribution in [-0.4, -0.2) is 62.2 Å². The normalized spacial score (nSPS) is 16.3. The van der Waals surface area contributed by atoms with Crippen LogP contribution < -0.4 is 9.80 Å². The number of rotatable bonds is 8. The minimum Gasteiger partial charge on any atom is -0.340 e. The summed E-state index contributed by atoms with van der Waals surface area (Å²) in [4.78, 5) is 10.4. The van der Waals surface area contributed by atoms with Crippen LogP contribution in [0.15, 0.2) is 97.1 Å². The summed E-state index contributed by atoms with van der Waals surface area (Å²) in [6.07, 6.45) is 11.3. The van der Waals surface area contributed by atoms with Crippen molar-refractivity contribution in [2.75, 3.05) is 62.2 Å². The van der Waals surface area contributed by atoms with E-state index in [4.69, 9.17) is 0 Å². The third-order valence-electron chi connectivity index (χ3n) is 8.97. The lowest BCUT2D eigenvalue weighted by molar-refractivity contribution is 0.131. The van der Waals surface area contributed by atoms with Crippen LogP contribution in [0, 0.1) is 0 Å². The summed E-state index contributed by atoms with van der Waals surface area (Å²) < 4.78 is 0. The second-order valence-electron chi connectivity index (χ2n) is 11.6. The van der Waals surface area contributed by atoms with Crippen LogP contribution in [-0.2, 0) is 0 Å². The minimum absolute atomic E-state index is 1.03. The molecule has 0 spiro atoms. The maximum absolute atomic E-state index is 2.66. The summed E-state index contributed by atoms with van der Waals surface area (Å²) >= 11 is 0. The highest BCUT2D eigenvalue weighted by Crippen LogP contribution is 2.37. The van der Waals surface area contributed by atoms with Crippen molar-refractivity contribution in [2.24, 2.45) is 0 Å². The molecule has 3 heterocycles. The topological polar surface area (TPSA) is 13.0 Å². The third-order valence-corrected chi connectivity index (χ3v) is 8.97. The summed E-state index contributed by atoms with van der Waals surface area (Å²) in [5, 5.41) is 0. The fraction of sp³-hybridized carbons (Fsp3) is 0.263. The molecule has 0 aromatic heterocycles. The molecule has 42 heavy (non-hydrogen) atoms. The van der Waals surface area contributed by atoms with Crippen molar-refractivity contribution >= 4 is 47.1 Å². The molecule has 212 valence electrons. The highest BCUT2D eigenvalue weighted by molar-refractivity contribution is 5.89. The zero-order valence-corrected chi connectivity index (χ0v) is 24.4. The minimum atomic E-state index is 1.03. The standard InChI is InChI=1S/C38H40N4/c1-5-15-35-31(11-1)19-20-32-12-2-6-16-36(32)41(35)25-9-23-39-27-29-40(30-28-39)24-10-26-42-37-17-7-3-13-33(37)21-22-34-14-4-8-18-38(34)42/h1-8,11-22H,9-10,23-30H2. The van der Waals surface area contributed by atoms with Crippen LogP contribution in [0.2, 0.25) is 0 Å². The lowest BCUT2D eigenvalue weighted by atomic mass is 10.1. The van der Waals surface area contributed by atoms with Gasteiger partial charge in [0.25, 0.3) is 0 Å². The van der Waals surface area contributed by atoms with Crippen molar-refractivity contribution in [1.82, 2.24) is 9.80 Å². The van der Waals surface area contributed by atoms with Gasteiger partial charge in [0.1, 0.15) is 0 Å². The van der Waals surface area contributed by atoms with E-state index >= 15 is 0 Å². The Bertz CT molecular complexity index is 1360. The molecular formula is C38H40N4. The summed E-state index contributed by atoms with van der Waals surface area (Å²) in [6.45, 7) is 9.00. The fourth-order valence-corrected chi connectivity index (χ4v) is 6.74. The molecule has 0 bridgehead atoms. The molecule has 0 aliphatic carbocycles. The first kappa shape index (κ1) is 26.8. The smallest absolute Gasteiger partial charge is 0.0484 e. The maximum atomic E-state index is 2.66. The van der Waals surface area contributed by atoms with Crippen LogP contribution in [0.3, 0.4) is 0 Å². The first-order chi connectivity index (χ1) is 20.8. The SMILES string of the molecule is C1=Cc2ccccc2N(CCCN2CCN(CCCN3c4ccccc4C=Cc4ccccc43)CC2)c2ccccc21. The van der Waals surface area contributed by atoms with Gasteiger partial charge in [0.05, 0.1) is 0 Å². The zero-order chi connectivity index (χ0) is 28.1. The van der Waals surface area contributed by atoms with Gasteiger partial charge in [-0.3, -0.25) is 0 Å². The van der Waals surface area contributed by atoms with Crippen LogP contribution in [0.1, 0.15) is 35.1 Å². The monoisotopic (exact) mass is 552 g/mol. The zero-order valence-electron chi connectivity index (χ0n) is 24.4. The highest BCUT2D eigenvalue weighted by atomic mass is 15.3. The second kappa shape index (κ2) is 12.4. The average Bonchev–Trinajstić information content (AvgIpc) is 3.31. The van der Waals surface area contributed by atoms with E-state index in [2.05, 4.69) is 141 Å². The number of hydrogen-bond donors (Lipinski definition) is 0. The Labute approximate surface area is 250 Å². The Morgan fingerprint density at radius 3 is 0.952 bits per heavy atom. The van der Waals surface area contributed by atoms with Gasteiger partial charge >= 0.3 is 0 Å². The van der Waals surface area contributed by atoms with Gasteiger partial charge in [0.2, 0.25) is 0 Å². The van der Waals surface area contributed by atoms with E-state index in [1.807, 2.05) is 0 Å². The summed E-state index contributed by atoms with van der Waals surface area (Å²) in [6, 6.07) is 35.2. The molecule has 0 amide bonds. The number of anilines is 4. The van der Waals surface area contributed by atoms with Crippen molar-refractivity contribution in [3.63, 3.8) is 0 Å². The van der Waals surface area contributed by atoms with E-state index in [9.17, 15) is 0 Å². The highest BCUT2D eigenvalue weighted by Gasteiger charge is 2.21. The Balaban J connectivity index is 0.915. The van der Waals surface area contributed by atoms with E-state index < -0.39 is 0 Å². The quantitative estimate of drug-likeness (QED) is 0.219. The van der Waals surface area contributed by atoms with Gasteiger partial charge in [0, 0.05) is 62.0 Å². The number of fused-ring (bicyclic) bond motifs is 4. The molecule has 7 rings (SSSR count). The maximum Gasteiger partial charge on any atom is 0.0484 e. The molecular weight excluding hydrogens is 512 g/mol. The molecule has 3 aliphatic rings. The molecule has 0 radical (unpaired) electrons. The average molecular weight is 553 g/mol. The molecule has 1 fully saturated rings. The van der Waals surface area contributed by atoms with E-state index in [-0.39, 0.29) is 0 Å². The van der Waals surface area contributed by atoms with Crippen LogP contribution in [0.5, 0.6) is 0 Å². The summed E-state index contributed by atoms with van der Waals surface area (Å²) in [5.74, 6) is 0. The first-order valence-electron chi connectivity index (χ1n) is 15.6. The van der Waals surface area contributed by atoms with E-state index in [0.717, 1.165) is 65.2 Å². The molecule has 0 N–H and O–H groups in total. The summed E-state index contributed by atoms with van der Waals surface area (Å²) in [7, 11) is 0. The largest absolute Gasteiger partial charge is 0.340 e. The third kappa shape index (κ3) is 5.65. The van der Waals surface area contributed by atoms with Crippen molar-refractivity contribution in [2.45, 2.75) is 12.8 Å². The Morgan fingerprint density at radius 2 is 0.643 bits per heavy atom. The number of piperazine rings is 1. The van der Waals surface area contributed by atoms with Crippen LogP contribution in [0.4, 0.5) is 22.7 Å². The van der Waals surface area contributed by atoms with Gasteiger partial charge < -0.3 is 19.6 Å². The van der Waals surface area contributed by atoms with Gasteiger partial charge in [-0.15, -0.1) is 0 Å². The Kier molecular flexibility index (Phi) is 7.90. The molecule has 4 aromatic carbocycles. The Hall–Kier alpha value is -4.12. The molecule has 4 heteroatoms. The molecule has 4 nitrogen and oxygen atoms in total. The molecule has 1 saturated heterocycles. The number of benzene rings is 4. The molecule has 3 aliphatic heterocycles. The second-order valence-corrected chi connectivity index (χ2v) is 11.6. The lowest BCUT2D eigenvalue weighted by Crippen LogP contribution is -2.47. The van der Waals surface area contributed by atoms with Crippen molar-refractivity contribution in [1.29, 1.82) is 0 Å². The van der Waals surface area contributed by atoms with Crippen molar-refractivity contribution < 1.29 is 0 Å². The number of hydrogen-bond acceptors (Lipinski definition) is 4. The predicted octanol–water partition coefficient (Wildman–Crippen LogP) is 8.03. The molecule has 0 saturated carbocycles. The first-order valence-corrected chi connectivity index (χ1v) is 15.6. The molecule has 4 aromatic rings. The van der Waals surface area contributed by atoms with E-state index in [0.29, 0.717) is 0 Å². The van der Waals surface area contributed by atoms with Gasteiger partial charge in [-0.25, -0.2) is 0 Å². The van der Waals surface area contributed by atoms with Crippen molar-refractivity contribution in [3.05, 3.63) is 119 Å². The van der Waals surface area contributed by atoms with Crippen LogP contribution >= 0.6 is 0 Å². The van der Waals surface area contributed by atoms with Crippen LogP contribution in [0.25, 0.3) is 24.3 Å². The molecule has 0 atom stereocenters. The Morgan fingerprint density at radius 1 is 0.357 bits per heavy atom. The molecule has 0 unspecified atom stereocenters. The van der Waals surface area contributed by atoms with E-state index in [1.165, 1.54) is 45.0 Å². The van der Waals surface area contributed by atoms with Gasteiger partial charge in [0.15, 0.2) is 0 Å². The summed E-state index contributed by atoms with van der Waals surface area (Å²) in [5.41, 5.74) is 10.4. The number of nitrogens with zero attached hydrogens (tertiary/aromatic N) is 4. The van der Waals surface area contributed by atoms with Crippen molar-refractivity contribution in [3.8, 4) is 0 Å². The van der Waals surface area contributed by atoms with E-state index in [1.54, 1.807) is 0 Å². The van der Waals surface area contributed by atoms with Gasteiger partial charge in [-0.2, -0.15) is 0 Å². The number of para-hydroxylation sites is 4. The fourth-order valence-electron chi connectivity index (χ4n) is 6.74.